The van der Waals surface area contributed by atoms with E-state index >= 15 is 0 Å². The van der Waals surface area contributed by atoms with Crippen LogP contribution in [0, 0.1) is 0 Å². The maximum Gasteiger partial charge on any atom is 0.258 e. The van der Waals surface area contributed by atoms with Gasteiger partial charge < -0.3 is 15.1 Å². The minimum atomic E-state index is -0.418. The standard InChI is InChI=1S/C25H22Cl2N4O2S/c26-18-6-11-21(22(27)16-18)23(32)29-25(34)28-19-7-9-20(10-8-19)30-12-14-31(15-13-30)24(33)17-4-2-1-3-5-17/h1-11,16H,12-15H2,(H2,28,29,32,34). The molecular weight excluding hydrogens is 491 g/mol. The second-order valence-corrected chi connectivity index (χ2v) is 8.98. The van der Waals surface area contributed by atoms with Crippen molar-refractivity contribution >= 4 is 63.7 Å². The molecule has 34 heavy (non-hydrogen) atoms. The molecule has 2 amide bonds. The van der Waals surface area contributed by atoms with Crippen molar-refractivity contribution in [3.63, 3.8) is 0 Å². The Kier molecular flexibility index (Phi) is 7.67. The van der Waals surface area contributed by atoms with Gasteiger partial charge in [0.25, 0.3) is 11.8 Å². The van der Waals surface area contributed by atoms with Crippen molar-refractivity contribution in [3.05, 3.63) is 94.0 Å². The van der Waals surface area contributed by atoms with Gasteiger partial charge in [0, 0.05) is 48.1 Å². The van der Waals surface area contributed by atoms with Gasteiger partial charge in [0.1, 0.15) is 0 Å². The second kappa shape index (κ2) is 10.9. The molecule has 1 heterocycles. The fourth-order valence-corrected chi connectivity index (χ4v) is 4.40. The lowest BCUT2D eigenvalue weighted by Crippen LogP contribution is -2.48. The van der Waals surface area contributed by atoms with Gasteiger partial charge in [0.15, 0.2) is 5.11 Å². The lowest BCUT2D eigenvalue weighted by atomic mass is 10.1. The van der Waals surface area contributed by atoms with Crippen LogP contribution in [0.4, 0.5) is 11.4 Å². The van der Waals surface area contributed by atoms with E-state index in [1.54, 1.807) is 12.1 Å². The van der Waals surface area contributed by atoms with Crippen molar-refractivity contribution in [3.8, 4) is 0 Å². The highest BCUT2D eigenvalue weighted by Crippen LogP contribution is 2.22. The van der Waals surface area contributed by atoms with Crippen LogP contribution in [0.15, 0.2) is 72.8 Å². The maximum absolute atomic E-state index is 12.6. The van der Waals surface area contributed by atoms with E-state index in [1.807, 2.05) is 59.5 Å². The summed E-state index contributed by atoms with van der Waals surface area (Å²) in [5.41, 5.74) is 2.80. The summed E-state index contributed by atoms with van der Waals surface area (Å²) in [6.07, 6.45) is 0. The maximum atomic E-state index is 12.6. The van der Waals surface area contributed by atoms with Crippen LogP contribution in [0.3, 0.4) is 0 Å². The number of nitrogens with zero attached hydrogens (tertiary/aromatic N) is 2. The van der Waals surface area contributed by atoms with E-state index in [-0.39, 0.29) is 21.6 Å². The predicted molar refractivity (Wildman–Crippen MR) is 141 cm³/mol. The van der Waals surface area contributed by atoms with Gasteiger partial charge in [-0.05, 0) is 66.8 Å². The number of nitrogens with one attached hydrogen (secondary N) is 2. The molecule has 4 rings (SSSR count). The molecule has 2 N–H and O–H groups in total. The molecule has 0 unspecified atom stereocenters. The Morgan fingerprint density at radius 3 is 2.18 bits per heavy atom. The van der Waals surface area contributed by atoms with Gasteiger partial charge in [-0.2, -0.15) is 0 Å². The Morgan fingerprint density at radius 1 is 0.853 bits per heavy atom. The molecule has 0 aliphatic carbocycles. The van der Waals surface area contributed by atoms with E-state index in [2.05, 4.69) is 15.5 Å². The van der Waals surface area contributed by atoms with E-state index in [0.29, 0.717) is 23.7 Å². The lowest BCUT2D eigenvalue weighted by Gasteiger charge is -2.36. The summed E-state index contributed by atoms with van der Waals surface area (Å²) < 4.78 is 0. The number of anilines is 2. The third kappa shape index (κ3) is 5.86. The Labute approximate surface area is 213 Å². The molecule has 0 radical (unpaired) electrons. The first-order valence-electron chi connectivity index (χ1n) is 10.7. The van der Waals surface area contributed by atoms with Crippen molar-refractivity contribution in [2.75, 3.05) is 36.4 Å². The average Bonchev–Trinajstić information content (AvgIpc) is 2.84. The number of benzene rings is 3. The number of rotatable bonds is 4. The molecule has 174 valence electrons. The number of piperazine rings is 1. The monoisotopic (exact) mass is 512 g/mol. The first-order chi connectivity index (χ1) is 16.4. The molecule has 1 aliphatic rings. The zero-order chi connectivity index (χ0) is 24.1. The average molecular weight is 513 g/mol. The van der Waals surface area contributed by atoms with Gasteiger partial charge in [-0.1, -0.05) is 41.4 Å². The molecule has 1 fully saturated rings. The van der Waals surface area contributed by atoms with Crippen molar-refractivity contribution in [2.45, 2.75) is 0 Å². The molecule has 9 heteroatoms. The number of amides is 2. The van der Waals surface area contributed by atoms with Crippen molar-refractivity contribution < 1.29 is 9.59 Å². The van der Waals surface area contributed by atoms with Gasteiger partial charge >= 0.3 is 0 Å². The molecule has 6 nitrogen and oxygen atoms in total. The Morgan fingerprint density at radius 2 is 1.53 bits per heavy atom. The number of halogens is 2. The van der Waals surface area contributed by atoms with Gasteiger partial charge in [0.2, 0.25) is 0 Å². The summed E-state index contributed by atoms with van der Waals surface area (Å²) in [6.45, 7) is 2.83. The number of thiocarbonyl (C=S) groups is 1. The van der Waals surface area contributed by atoms with Gasteiger partial charge in [-0.3, -0.25) is 14.9 Å². The largest absolute Gasteiger partial charge is 0.368 e. The number of carbonyl (C=O) groups excluding carboxylic acids is 2. The lowest BCUT2D eigenvalue weighted by molar-refractivity contribution is 0.0746. The second-order valence-electron chi connectivity index (χ2n) is 7.72. The summed E-state index contributed by atoms with van der Waals surface area (Å²) in [7, 11) is 0. The quantitative estimate of drug-likeness (QED) is 0.477. The fourth-order valence-electron chi connectivity index (χ4n) is 3.69. The third-order valence-electron chi connectivity index (χ3n) is 5.48. The Hall–Kier alpha value is -3.13. The molecular formula is C25H22Cl2N4O2S. The van der Waals surface area contributed by atoms with Gasteiger partial charge in [-0.25, -0.2) is 0 Å². The fraction of sp³-hybridized carbons (Fsp3) is 0.160. The van der Waals surface area contributed by atoms with E-state index in [9.17, 15) is 9.59 Å². The van der Waals surface area contributed by atoms with Crippen LogP contribution >= 0.6 is 35.4 Å². The Bertz CT molecular complexity index is 1200. The highest BCUT2D eigenvalue weighted by atomic mass is 35.5. The van der Waals surface area contributed by atoms with Crippen LogP contribution in [0.1, 0.15) is 20.7 Å². The number of hydrogen-bond donors (Lipinski definition) is 2. The minimum absolute atomic E-state index is 0.0650. The summed E-state index contributed by atoms with van der Waals surface area (Å²) in [5.74, 6) is -0.353. The van der Waals surface area contributed by atoms with E-state index < -0.39 is 5.91 Å². The first-order valence-corrected chi connectivity index (χ1v) is 11.8. The van der Waals surface area contributed by atoms with Crippen LogP contribution < -0.4 is 15.5 Å². The highest BCUT2D eigenvalue weighted by Gasteiger charge is 2.22. The van der Waals surface area contributed by atoms with Gasteiger partial charge in [-0.15, -0.1) is 0 Å². The predicted octanol–water partition coefficient (Wildman–Crippen LogP) is 5.08. The first kappa shape index (κ1) is 24.0. The molecule has 3 aromatic rings. The third-order valence-corrected chi connectivity index (χ3v) is 6.23. The molecule has 0 atom stereocenters. The number of hydrogen-bond acceptors (Lipinski definition) is 4. The van der Waals surface area contributed by atoms with Crippen LogP contribution in [0.25, 0.3) is 0 Å². The SMILES string of the molecule is O=C(NC(=S)Nc1ccc(N2CCN(C(=O)c3ccccc3)CC2)cc1)c1ccc(Cl)cc1Cl. The summed E-state index contributed by atoms with van der Waals surface area (Å²) >= 11 is 17.2. The zero-order valence-corrected chi connectivity index (χ0v) is 20.5. The van der Waals surface area contributed by atoms with Gasteiger partial charge in [0.05, 0.1) is 10.6 Å². The van der Waals surface area contributed by atoms with Crippen molar-refractivity contribution in [1.29, 1.82) is 0 Å². The van der Waals surface area contributed by atoms with Crippen molar-refractivity contribution in [2.24, 2.45) is 0 Å². The number of carbonyl (C=O) groups is 2. The van der Waals surface area contributed by atoms with Crippen LogP contribution in [-0.4, -0.2) is 48.0 Å². The molecule has 1 aliphatic heterocycles. The molecule has 0 saturated carbocycles. The molecule has 3 aromatic carbocycles. The van der Waals surface area contributed by atoms with Crippen LogP contribution in [-0.2, 0) is 0 Å². The molecule has 0 spiro atoms. The minimum Gasteiger partial charge on any atom is -0.368 e. The topological polar surface area (TPSA) is 64.7 Å². The highest BCUT2D eigenvalue weighted by molar-refractivity contribution is 7.80. The van der Waals surface area contributed by atoms with E-state index in [4.69, 9.17) is 35.4 Å². The van der Waals surface area contributed by atoms with E-state index in [1.165, 1.54) is 6.07 Å². The van der Waals surface area contributed by atoms with E-state index in [0.717, 1.165) is 24.5 Å². The van der Waals surface area contributed by atoms with Crippen LogP contribution in [0.2, 0.25) is 10.0 Å². The van der Waals surface area contributed by atoms with Crippen molar-refractivity contribution in [1.82, 2.24) is 10.2 Å². The van der Waals surface area contributed by atoms with Crippen LogP contribution in [0.5, 0.6) is 0 Å². The molecule has 0 bridgehead atoms. The Balaban J connectivity index is 1.29. The zero-order valence-electron chi connectivity index (χ0n) is 18.1. The normalized spacial score (nSPS) is 13.4. The summed E-state index contributed by atoms with van der Waals surface area (Å²) in [5, 5.41) is 6.49. The smallest absolute Gasteiger partial charge is 0.258 e. The molecule has 1 saturated heterocycles. The summed E-state index contributed by atoms with van der Waals surface area (Å²) in [6, 6.07) is 21.7. The summed E-state index contributed by atoms with van der Waals surface area (Å²) in [4.78, 5) is 29.2. The molecule has 0 aromatic heterocycles.